The normalized spacial score (nSPS) is 17.6. The fourth-order valence-electron chi connectivity index (χ4n) is 3.12. The molecule has 110 valence electrons. The summed E-state index contributed by atoms with van der Waals surface area (Å²) >= 11 is 0. The summed E-state index contributed by atoms with van der Waals surface area (Å²) in [6.07, 6.45) is 1.88. The third-order valence-electron chi connectivity index (χ3n) is 4.36. The lowest BCUT2D eigenvalue weighted by Crippen LogP contribution is -2.39. The van der Waals surface area contributed by atoms with E-state index in [1.54, 1.807) is 0 Å². The molecule has 0 bridgehead atoms. The van der Waals surface area contributed by atoms with Crippen molar-refractivity contribution < 1.29 is 4.79 Å². The first kappa shape index (κ1) is 14.1. The van der Waals surface area contributed by atoms with E-state index in [1.165, 1.54) is 16.3 Å². The molecule has 1 aliphatic heterocycles. The Labute approximate surface area is 125 Å². The van der Waals surface area contributed by atoms with Crippen LogP contribution in [0.15, 0.2) is 42.5 Å². The van der Waals surface area contributed by atoms with E-state index in [1.807, 2.05) is 12.1 Å². The zero-order valence-corrected chi connectivity index (χ0v) is 12.4. The SMILES string of the molecule is CC(NC(=O)C1CCNCC1)c1cccc2ccccc12. The smallest absolute Gasteiger partial charge is 0.223 e. The largest absolute Gasteiger partial charge is 0.349 e. The summed E-state index contributed by atoms with van der Waals surface area (Å²) in [6.45, 7) is 3.96. The van der Waals surface area contributed by atoms with E-state index in [4.69, 9.17) is 0 Å². The molecule has 1 fully saturated rings. The van der Waals surface area contributed by atoms with Crippen molar-refractivity contribution in [2.75, 3.05) is 13.1 Å². The molecule has 1 heterocycles. The molecular formula is C18H22N2O. The average molecular weight is 282 g/mol. The Hall–Kier alpha value is -1.87. The Morgan fingerprint density at radius 1 is 1.14 bits per heavy atom. The zero-order valence-electron chi connectivity index (χ0n) is 12.4. The standard InChI is InChI=1S/C18H22N2O/c1-13(20-18(21)15-9-11-19-12-10-15)16-8-4-6-14-5-2-3-7-17(14)16/h2-8,13,15,19H,9-12H2,1H3,(H,20,21). The lowest BCUT2D eigenvalue weighted by Gasteiger charge is -2.24. The first-order valence-electron chi connectivity index (χ1n) is 7.74. The maximum absolute atomic E-state index is 12.4. The zero-order chi connectivity index (χ0) is 14.7. The van der Waals surface area contributed by atoms with Gasteiger partial charge in [-0.3, -0.25) is 4.79 Å². The van der Waals surface area contributed by atoms with Gasteiger partial charge < -0.3 is 10.6 Å². The van der Waals surface area contributed by atoms with Crippen molar-refractivity contribution >= 4 is 16.7 Å². The molecule has 0 aromatic heterocycles. The molecule has 1 aliphatic rings. The first-order valence-corrected chi connectivity index (χ1v) is 7.74. The highest BCUT2D eigenvalue weighted by atomic mass is 16.1. The summed E-state index contributed by atoms with van der Waals surface area (Å²) < 4.78 is 0. The van der Waals surface area contributed by atoms with E-state index in [-0.39, 0.29) is 17.9 Å². The van der Waals surface area contributed by atoms with Gasteiger partial charge >= 0.3 is 0 Å². The summed E-state index contributed by atoms with van der Waals surface area (Å²) in [7, 11) is 0. The second-order valence-corrected chi connectivity index (χ2v) is 5.82. The fraction of sp³-hybridized carbons (Fsp3) is 0.389. The summed E-state index contributed by atoms with van der Waals surface area (Å²) in [5, 5.41) is 8.93. The van der Waals surface area contributed by atoms with Gasteiger partial charge in [-0.1, -0.05) is 42.5 Å². The monoisotopic (exact) mass is 282 g/mol. The second kappa shape index (κ2) is 6.27. The van der Waals surface area contributed by atoms with Crippen molar-refractivity contribution in [1.82, 2.24) is 10.6 Å². The highest BCUT2D eigenvalue weighted by Gasteiger charge is 2.22. The summed E-state index contributed by atoms with van der Waals surface area (Å²) in [6, 6.07) is 14.6. The summed E-state index contributed by atoms with van der Waals surface area (Å²) in [4.78, 5) is 12.4. The molecule has 1 saturated heterocycles. The van der Waals surface area contributed by atoms with Gasteiger partial charge in [0.25, 0.3) is 0 Å². The van der Waals surface area contributed by atoms with Crippen LogP contribution in [0.3, 0.4) is 0 Å². The molecule has 0 spiro atoms. The van der Waals surface area contributed by atoms with Gasteiger partial charge in [0.2, 0.25) is 5.91 Å². The van der Waals surface area contributed by atoms with Crippen LogP contribution in [0.4, 0.5) is 0 Å². The lowest BCUT2D eigenvalue weighted by molar-refractivity contribution is -0.126. The molecule has 3 rings (SSSR count). The molecule has 2 aromatic rings. The minimum atomic E-state index is 0.0403. The number of hydrogen-bond acceptors (Lipinski definition) is 2. The third-order valence-corrected chi connectivity index (χ3v) is 4.36. The predicted molar refractivity (Wildman–Crippen MR) is 86.1 cm³/mol. The first-order chi connectivity index (χ1) is 10.3. The molecule has 3 heteroatoms. The van der Waals surface area contributed by atoms with Crippen LogP contribution in [0, 0.1) is 5.92 Å². The van der Waals surface area contributed by atoms with Crippen LogP contribution in [0.25, 0.3) is 10.8 Å². The van der Waals surface area contributed by atoms with E-state index in [9.17, 15) is 4.79 Å². The minimum absolute atomic E-state index is 0.0403. The molecule has 21 heavy (non-hydrogen) atoms. The number of benzene rings is 2. The molecule has 2 N–H and O–H groups in total. The van der Waals surface area contributed by atoms with Crippen LogP contribution < -0.4 is 10.6 Å². The molecule has 1 unspecified atom stereocenters. The molecule has 0 radical (unpaired) electrons. The molecule has 1 amide bonds. The van der Waals surface area contributed by atoms with Gasteiger partial charge in [-0.2, -0.15) is 0 Å². The van der Waals surface area contributed by atoms with Crippen molar-refractivity contribution in [2.24, 2.45) is 5.92 Å². The Kier molecular flexibility index (Phi) is 4.20. The van der Waals surface area contributed by atoms with E-state index in [0.29, 0.717) is 0 Å². The lowest BCUT2D eigenvalue weighted by atomic mass is 9.95. The van der Waals surface area contributed by atoms with Crippen LogP contribution in [-0.4, -0.2) is 19.0 Å². The van der Waals surface area contributed by atoms with Gasteiger partial charge in [0, 0.05) is 5.92 Å². The number of carbonyl (C=O) groups is 1. The van der Waals surface area contributed by atoms with Crippen LogP contribution in [0.1, 0.15) is 31.4 Å². The minimum Gasteiger partial charge on any atom is -0.349 e. The van der Waals surface area contributed by atoms with Gasteiger partial charge in [0.15, 0.2) is 0 Å². The van der Waals surface area contributed by atoms with E-state index in [2.05, 4.69) is 47.9 Å². The number of rotatable bonds is 3. The second-order valence-electron chi connectivity index (χ2n) is 5.82. The van der Waals surface area contributed by atoms with Crippen LogP contribution >= 0.6 is 0 Å². The topological polar surface area (TPSA) is 41.1 Å². The Bertz CT molecular complexity index is 627. The number of carbonyl (C=O) groups excluding carboxylic acids is 1. The number of hydrogen-bond donors (Lipinski definition) is 2. The number of piperidine rings is 1. The van der Waals surface area contributed by atoms with Crippen LogP contribution in [-0.2, 0) is 4.79 Å². The highest BCUT2D eigenvalue weighted by molar-refractivity contribution is 5.87. The third kappa shape index (κ3) is 3.08. The van der Waals surface area contributed by atoms with E-state index in [0.717, 1.165) is 25.9 Å². The van der Waals surface area contributed by atoms with E-state index < -0.39 is 0 Å². The fourth-order valence-corrected chi connectivity index (χ4v) is 3.12. The predicted octanol–water partition coefficient (Wildman–Crippen LogP) is 3.02. The maximum atomic E-state index is 12.4. The number of amides is 1. The Morgan fingerprint density at radius 2 is 1.86 bits per heavy atom. The summed E-state index contributed by atoms with van der Waals surface area (Å²) in [5.74, 6) is 0.348. The Balaban J connectivity index is 1.77. The quantitative estimate of drug-likeness (QED) is 0.908. The molecule has 0 saturated carbocycles. The van der Waals surface area contributed by atoms with Gasteiger partial charge in [0.05, 0.1) is 6.04 Å². The summed E-state index contributed by atoms with van der Waals surface area (Å²) in [5.41, 5.74) is 1.19. The molecular weight excluding hydrogens is 260 g/mol. The molecule has 1 atom stereocenters. The van der Waals surface area contributed by atoms with Gasteiger partial charge in [-0.05, 0) is 49.2 Å². The highest BCUT2D eigenvalue weighted by Crippen LogP contribution is 2.24. The molecule has 2 aromatic carbocycles. The van der Waals surface area contributed by atoms with Crippen LogP contribution in [0.5, 0.6) is 0 Å². The Morgan fingerprint density at radius 3 is 2.67 bits per heavy atom. The van der Waals surface area contributed by atoms with Crippen molar-refractivity contribution in [3.63, 3.8) is 0 Å². The number of fused-ring (bicyclic) bond motifs is 1. The van der Waals surface area contributed by atoms with Gasteiger partial charge in [0.1, 0.15) is 0 Å². The van der Waals surface area contributed by atoms with Crippen LogP contribution in [0.2, 0.25) is 0 Å². The van der Waals surface area contributed by atoms with Gasteiger partial charge in [-0.25, -0.2) is 0 Å². The van der Waals surface area contributed by atoms with Crippen molar-refractivity contribution in [1.29, 1.82) is 0 Å². The van der Waals surface area contributed by atoms with Gasteiger partial charge in [-0.15, -0.1) is 0 Å². The van der Waals surface area contributed by atoms with Crippen molar-refractivity contribution in [3.05, 3.63) is 48.0 Å². The van der Waals surface area contributed by atoms with Crippen molar-refractivity contribution in [2.45, 2.75) is 25.8 Å². The van der Waals surface area contributed by atoms with Crippen molar-refractivity contribution in [3.8, 4) is 0 Å². The molecule has 3 nitrogen and oxygen atoms in total. The van der Waals surface area contributed by atoms with E-state index >= 15 is 0 Å². The number of nitrogens with one attached hydrogen (secondary N) is 2. The average Bonchev–Trinajstić information content (AvgIpc) is 2.55. The molecule has 0 aliphatic carbocycles. The maximum Gasteiger partial charge on any atom is 0.223 e.